The number of anilines is 1. The Balaban J connectivity index is 2.24. The monoisotopic (exact) mass is 246 g/mol. The molecule has 2 heterocycles. The van der Waals surface area contributed by atoms with Crippen molar-refractivity contribution in [2.24, 2.45) is 5.41 Å². The zero-order valence-corrected chi connectivity index (χ0v) is 11.6. The quantitative estimate of drug-likeness (QED) is 0.751. The Morgan fingerprint density at radius 1 is 1.33 bits per heavy atom. The second-order valence-corrected chi connectivity index (χ2v) is 5.94. The highest BCUT2D eigenvalue weighted by molar-refractivity contribution is 5.98. The maximum absolute atomic E-state index is 11.7. The topological polar surface area (TPSA) is 33.2 Å². The average molecular weight is 246 g/mol. The lowest BCUT2D eigenvalue weighted by Crippen LogP contribution is -2.27. The first kappa shape index (κ1) is 13.1. The number of aromatic nitrogens is 1. The van der Waals surface area contributed by atoms with Crippen LogP contribution in [-0.2, 0) is 0 Å². The van der Waals surface area contributed by atoms with Crippen molar-refractivity contribution in [2.75, 3.05) is 18.0 Å². The van der Waals surface area contributed by atoms with Gasteiger partial charge in [0.05, 0.1) is 5.56 Å². The highest BCUT2D eigenvalue weighted by Crippen LogP contribution is 2.31. The Morgan fingerprint density at radius 2 is 2.11 bits per heavy atom. The van der Waals surface area contributed by atoms with Crippen LogP contribution in [0.5, 0.6) is 0 Å². The summed E-state index contributed by atoms with van der Waals surface area (Å²) in [7, 11) is 0. The van der Waals surface area contributed by atoms with Crippen molar-refractivity contribution in [3.63, 3.8) is 0 Å². The van der Waals surface area contributed by atoms with Gasteiger partial charge in [0.2, 0.25) is 0 Å². The SMILES string of the molecule is CC(=O)c1cccnc1N1CCCC(C)(C)CC1. The minimum absolute atomic E-state index is 0.0987. The third kappa shape index (κ3) is 2.89. The van der Waals surface area contributed by atoms with Crippen molar-refractivity contribution < 1.29 is 4.79 Å². The van der Waals surface area contributed by atoms with E-state index in [1.165, 1.54) is 12.8 Å². The number of carbonyl (C=O) groups is 1. The third-order valence-corrected chi connectivity index (χ3v) is 3.81. The molecule has 0 spiro atoms. The van der Waals surface area contributed by atoms with Crippen LogP contribution < -0.4 is 4.90 Å². The molecular formula is C15H22N2O. The molecule has 0 N–H and O–H groups in total. The van der Waals surface area contributed by atoms with E-state index in [4.69, 9.17) is 0 Å². The molecular weight excluding hydrogens is 224 g/mol. The summed E-state index contributed by atoms with van der Waals surface area (Å²) in [5.41, 5.74) is 1.15. The third-order valence-electron chi connectivity index (χ3n) is 3.81. The fourth-order valence-corrected chi connectivity index (χ4v) is 2.56. The van der Waals surface area contributed by atoms with Crippen LogP contribution >= 0.6 is 0 Å². The molecule has 1 aromatic rings. The first-order valence-electron chi connectivity index (χ1n) is 6.70. The van der Waals surface area contributed by atoms with E-state index >= 15 is 0 Å². The first-order chi connectivity index (χ1) is 8.49. The van der Waals surface area contributed by atoms with Crippen molar-refractivity contribution in [3.8, 4) is 0 Å². The summed E-state index contributed by atoms with van der Waals surface area (Å²) in [5, 5.41) is 0. The molecule has 1 aromatic heterocycles. The fourth-order valence-electron chi connectivity index (χ4n) is 2.56. The van der Waals surface area contributed by atoms with Gasteiger partial charge in [-0.25, -0.2) is 4.98 Å². The first-order valence-corrected chi connectivity index (χ1v) is 6.70. The van der Waals surface area contributed by atoms with Gasteiger partial charge in [-0.05, 0) is 43.7 Å². The van der Waals surface area contributed by atoms with Gasteiger partial charge < -0.3 is 4.90 Å². The molecule has 0 unspecified atom stereocenters. The Hall–Kier alpha value is -1.38. The van der Waals surface area contributed by atoms with Gasteiger partial charge >= 0.3 is 0 Å². The molecule has 0 radical (unpaired) electrons. The zero-order valence-electron chi connectivity index (χ0n) is 11.6. The van der Waals surface area contributed by atoms with Gasteiger partial charge in [0, 0.05) is 19.3 Å². The molecule has 0 atom stereocenters. The molecule has 18 heavy (non-hydrogen) atoms. The molecule has 98 valence electrons. The lowest BCUT2D eigenvalue weighted by atomic mass is 9.85. The number of hydrogen-bond donors (Lipinski definition) is 0. The summed E-state index contributed by atoms with van der Waals surface area (Å²) in [4.78, 5) is 18.3. The number of nitrogens with zero attached hydrogens (tertiary/aromatic N) is 2. The maximum Gasteiger partial charge on any atom is 0.163 e. The lowest BCUT2D eigenvalue weighted by molar-refractivity contribution is 0.101. The van der Waals surface area contributed by atoms with E-state index in [-0.39, 0.29) is 5.78 Å². The molecule has 0 bridgehead atoms. The summed E-state index contributed by atoms with van der Waals surface area (Å²) in [6, 6.07) is 3.71. The lowest BCUT2D eigenvalue weighted by Gasteiger charge is -2.25. The van der Waals surface area contributed by atoms with Crippen LogP contribution in [0, 0.1) is 5.41 Å². The fraction of sp³-hybridized carbons (Fsp3) is 0.600. The Labute approximate surface area is 109 Å². The highest BCUT2D eigenvalue weighted by atomic mass is 16.1. The van der Waals surface area contributed by atoms with Crippen LogP contribution in [0.15, 0.2) is 18.3 Å². The summed E-state index contributed by atoms with van der Waals surface area (Å²) in [6.45, 7) is 8.24. The summed E-state index contributed by atoms with van der Waals surface area (Å²) in [6.07, 6.45) is 5.34. The van der Waals surface area contributed by atoms with Crippen molar-refractivity contribution >= 4 is 11.6 Å². The van der Waals surface area contributed by atoms with E-state index < -0.39 is 0 Å². The van der Waals surface area contributed by atoms with E-state index in [1.807, 2.05) is 12.1 Å². The number of hydrogen-bond acceptors (Lipinski definition) is 3. The van der Waals surface area contributed by atoms with Gasteiger partial charge in [-0.3, -0.25) is 4.79 Å². The molecule has 0 saturated carbocycles. The number of Topliss-reactive ketones (excluding diaryl/α,β-unsaturated/α-hetero) is 1. The van der Waals surface area contributed by atoms with E-state index in [0.29, 0.717) is 5.41 Å². The molecule has 1 saturated heterocycles. The Bertz CT molecular complexity index is 440. The van der Waals surface area contributed by atoms with Crippen molar-refractivity contribution in [3.05, 3.63) is 23.9 Å². The number of ketones is 1. The molecule has 1 fully saturated rings. The molecule has 0 amide bonds. The second kappa shape index (κ2) is 5.09. The molecule has 3 heteroatoms. The predicted octanol–water partition coefficient (Wildman–Crippen LogP) is 3.30. The van der Waals surface area contributed by atoms with Crippen LogP contribution in [0.2, 0.25) is 0 Å². The minimum Gasteiger partial charge on any atom is -0.356 e. The average Bonchev–Trinajstić information content (AvgIpc) is 2.50. The minimum atomic E-state index is 0.0987. The van der Waals surface area contributed by atoms with Gasteiger partial charge in [0.25, 0.3) is 0 Å². The largest absolute Gasteiger partial charge is 0.356 e. The van der Waals surface area contributed by atoms with Crippen LogP contribution in [0.3, 0.4) is 0 Å². The van der Waals surface area contributed by atoms with Crippen molar-refractivity contribution in [1.29, 1.82) is 0 Å². The Kier molecular flexibility index (Phi) is 3.69. The van der Waals surface area contributed by atoms with Gasteiger partial charge in [-0.2, -0.15) is 0 Å². The number of carbonyl (C=O) groups excluding carboxylic acids is 1. The maximum atomic E-state index is 11.7. The molecule has 1 aliphatic rings. The molecule has 2 rings (SSSR count). The van der Waals surface area contributed by atoms with E-state index in [1.54, 1.807) is 13.1 Å². The van der Waals surface area contributed by atoms with E-state index in [2.05, 4.69) is 23.7 Å². The smallest absolute Gasteiger partial charge is 0.163 e. The van der Waals surface area contributed by atoms with Gasteiger partial charge in [0.15, 0.2) is 5.78 Å². The predicted molar refractivity (Wildman–Crippen MR) is 74.1 cm³/mol. The second-order valence-electron chi connectivity index (χ2n) is 5.94. The molecule has 0 aromatic carbocycles. The molecule has 0 aliphatic carbocycles. The van der Waals surface area contributed by atoms with Crippen LogP contribution in [-0.4, -0.2) is 23.9 Å². The Morgan fingerprint density at radius 3 is 2.83 bits per heavy atom. The normalized spacial score (nSPS) is 19.4. The zero-order chi connectivity index (χ0) is 13.2. The number of pyridine rings is 1. The van der Waals surface area contributed by atoms with Crippen molar-refractivity contribution in [2.45, 2.75) is 40.0 Å². The van der Waals surface area contributed by atoms with Crippen molar-refractivity contribution in [1.82, 2.24) is 4.98 Å². The van der Waals surface area contributed by atoms with E-state index in [0.717, 1.165) is 30.9 Å². The summed E-state index contributed by atoms with van der Waals surface area (Å²) < 4.78 is 0. The number of rotatable bonds is 2. The van der Waals surface area contributed by atoms with Gasteiger partial charge in [-0.1, -0.05) is 13.8 Å². The standard InChI is InChI=1S/C15H22N2O/c1-12(18)13-6-4-9-16-14(13)17-10-5-7-15(2,3)8-11-17/h4,6,9H,5,7-8,10-11H2,1-3H3. The van der Waals surface area contributed by atoms with Crippen LogP contribution in [0.4, 0.5) is 5.82 Å². The highest BCUT2D eigenvalue weighted by Gasteiger charge is 2.25. The summed E-state index contributed by atoms with van der Waals surface area (Å²) in [5.74, 6) is 0.962. The molecule has 1 aliphatic heterocycles. The van der Waals surface area contributed by atoms with Gasteiger partial charge in [0.1, 0.15) is 5.82 Å². The van der Waals surface area contributed by atoms with Gasteiger partial charge in [-0.15, -0.1) is 0 Å². The van der Waals surface area contributed by atoms with E-state index in [9.17, 15) is 4.79 Å². The van der Waals surface area contributed by atoms with Crippen LogP contribution in [0.25, 0.3) is 0 Å². The summed E-state index contributed by atoms with van der Waals surface area (Å²) >= 11 is 0. The molecule has 3 nitrogen and oxygen atoms in total. The van der Waals surface area contributed by atoms with Crippen LogP contribution in [0.1, 0.15) is 50.4 Å².